The minimum Gasteiger partial charge on any atom is -0.494 e. The number of halogens is 2. The van der Waals surface area contributed by atoms with Gasteiger partial charge in [-0.3, -0.25) is 9.59 Å². The molecule has 3 aromatic rings. The van der Waals surface area contributed by atoms with Crippen LogP contribution in [0.4, 0.5) is 11.4 Å². The first-order valence-corrected chi connectivity index (χ1v) is 10.1. The number of carbonyl (C=O) groups is 2. The van der Waals surface area contributed by atoms with Crippen molar-refractivity contribution in [3.05, 3.63) is 82.3 Å². The molecule has 6 nitrogen and oxygen atoms in total. The van der Waals surface area contributed by atoms with Crippen molar-refractivity contribution < 1.29 is 19.1 Å². The van der Waals surface area contributed by atoms with Crippen LogP contribution in [0.25, 0.3) is 0 Å². The zero-order chi connectivity index (χ0) is 22.4. The molecule has 0 aliphatic heterocycles. The normalized spacial score (nSPS) is 11.4. The van der Waals surface area contributed by atoms with E-state index in [1.807, 2.05) is 18.2 Å². The van der Waals surface area contributed by atoms with Crippen LogP contribution in [0, 0.1) is 0 Å². The molecular formula is C23H20Cl2N2O4. The number of hydrogen-bond acceptors (Lipinski definition) is 4. The predicted octanol–water partition coefficient (Wildman–Crippen LogP) is 5.66. The number of carbonyl (C=O) groups excluding carboxylic acids is 2. The van der Waals surface area contributed by atoms with Crippen LogP contribution in [-0.2, 0) is 4.79 Å². The maximum Gasteiger partial charge on any atom is 0.265 e. The second-order valence-electron chi connectivity index (χ2n) is 6.56. The highest BCUT2D eigenvalue weighted by Gasteiger charge is 2.19. The van der Waals surface area contributed by atoms with Gasteiger partial charge in [-0.15, -0.1) is 0 Å². The first-order valence-electron chi connectivity index (χ1n) is 9.34. The second kappa shape index (κ2) is 10.2. The van der Waals surface area contributed by atoms with Gasteiger partial charge in [0.2, 0.25) is 0 Å². The lowest BCUT2D eigenvalue weighted by Crippen LogP contribution is -2.30. The lowest BCUT2D eigenvalue weighted by Gasteiger charge is -2.17. The summed E-state index contributed by atoms with van der Waals surface area (Å²) in [6, 6.07) is 18.5. The number of ether oxygens (including phenoxy) is 2. The van der Waals surface area contributed by atoms with E-state index >= 15 is 0 Å². The van der Waals surface area contributed by atoms with E-state index < -0.39 is 6.10 Å². The molecule has 0 radical (unpaired) electrons. The van der Waals surface area contributed by atoms with Crippen molar-refractivity contribution in [1.29, 1.82) is 0 Å². The number of nitrogens with one attached hydrogen (secondary N) is 2. The average molecular weight is 459 g/mol. The van der Waals surface area contributed by atoms with Crippen molar-refractivity contribution in [2.24, 2.45) is 0 Å². The molecule has 2 N–H and O–H groups in total. The summed E-state index contributed by atoms with van der Waals surface area (Å²) in [4.78, 5) is 25.0. The minimum atomic E-state index is -0.754. The van der Waals surface area contributed by atoms with E-state index in [9.17, 15) is 9.59 Å². The Morgan fingerprint density at radius 3 is 2.23 bits per heavy atom. The third-order valence-corrected chi connectivity index (χ3v) is 4.89. The largest absolute Gasteiger partial charge is 0.494 e. The van der Waals surface area contributed by atoms with Crippen molar-refractivity contribution in [2.45, 2.75) is 13.0 Å². The summed E-state index contributed by atoms with van der Waals surface area (Å²) in [7, 11) is 1.45. The molecule has 3 rings (SSSR count). The Labute approximate surface area is 190 Å². The monoisotopic (exact) mass is 458 g/mol. The average Bonchev–Trinajstić information content (AvgIpc) is 2.76. The SMILES string of the molecule is COc1cc(NC(=O)c2ccc(Cl)cc2)c(Cl)cc1NC(=O)[C@@H](C)Oc1ccccc1. The van der Waals surface area contributed by atoms with Crippen LogP contribution in [0.3, 0.4) is 0 Å². The highest BCUT2D eigenvalue weighted by atomic mass is 35.5. The summed E-state index contributed by atoms with van der Waals surface area (Å²) in [5.41, 5.74) is 1.11. The lowest BCUT2D eigenvalue weighted by molar-refractivity contribution is -0.122. The summed E-state index contributed by atoms with van der Waals surface area (Å²) in [6.45, 7) is 1.64. The molecule has 8 heteroatoms. The van der Waals surface area contributed by atoms with E-state index in [-0.39, 0.29) is 16.8 Å². The molecule has 2 amide bonds. The van der Waals surface area contributed by atoms with Crippen LogP contribution in [0.1, 0.15) is 17.3 Å². The van der Waals surface area contributed by atoms with E-state index in [4.69, 9.17) is 32.7 Å². The minimum absolute atomic E-state index is 0.232. The van der Waals surface area contributed by atoms with Gasteiger partial charge in [0.05, 0.1) is 23.5 Å². The van der Waals surface area contributed by atoms with Crippen LogP contribution >= 0.6 is 23.2 Å². The fourth-order valence-electron chi connectivity index (χ4n) is 2.70. The maximum atomic E-state index is 12.6. The molecule has 0 heterocycles. The van der Waals surface area contributed by atoms with E-state index in [1.165, 1.54) is 19.2 Å². The van der Waals surface area contributed by atoms with Gasteiger partial charge in [-0.05, 0) is 49.4 Å². The standard InChI is InChI=1S/C23H20Cl2N2O4/c1-14(31-17-6-4-3-5-7-17)22(28)27-20-12-18(25)19(13-21(20)30-2)26-23(29)15-8-10-16(24)11-9-15/h3-14H,1-2H3,(H,26,29)(H,27,28)/t14-/m1/s1. The summed E-state index contributed by atoms with van der Waals surface area (Å²) in [5, 5.41) is 6.23. The zero-order valence-electron chi connectivity index (χ0n) is 16.8. The Morgan fingerprint density at radius 2 is 1.58 bits per heavy atom. The fraction of sp³-hybridized carbons (Fsp3) is 0.130. The van der Waals surface area contributed by atoms with Crippen molar-refractivity contribution in [3.63, 3.8) is 0 Å². The Morgan fingerprint density at radius 1 is 0.903 bits per heavy atom. The van der Waals surface area contributed by atoms with Crippen molar-refractivity contribution in [3.8, 4) is 11.5 Å². The highest BCUT2D eigenvalue weighted by Crippen LogP contribution is 2.35. The molecule has 0 aliphatic rings. The molecule has 0 spiro atoms. The first kappa shape index (κ1) is 22.5. The third kappa shape index (κ3) is 5.90. The predicted molar refractivity (Wildman–Crippen MR) is 123 cm³/mol. The second-order valence-corrected chi connectivity index (χ2v) is 7.40. The van der Waals surface area contributed by atoms with Gasteiger partial charge >= 0.3 is 0 Å². The molecule has 31 heavy (non-hydrogen) atoms. The Hall–Kier alpha value is -3.22. The smallest absolute Gasteiger partial charge is 0.265 e. The molecule has 0 bridgehead atoms. The number of methoxy groups -OCH3 is 1. The maximum absolute atomic E-state index is 12.6. The third-order valence-electron chi connectivity index (χ3n) is 4.33. The highest BCUT2D eigenvalue weighted by molar-refractivity contribution is 6.34. The van der Waals surface area contributed by atoms with Gasteiger partial charge in [-0.1, -0.05) is 41.4 Å². The molecule has 3 aromatic carbocycles. The van der Waals surface area contributed by atoms with Crippen molar-refractivity contribution >= 4 is 46.4 Å². The van der Waals surface area contributed by atoms with E-state index in [1.54, 1.807) is 43.3 Å². The summed E-state index contributed by atoms with van der Waals surface area (Å²) >= 11 is 12.2. The van der Waals surface area contributed by atoms with Crippen LogP contribution in [-0.4, -0.2) is 25.0 Å². The van der Waals surface area contributed by atoms with Crippen LogP contribution in [0.15, 0.2) is 66.7 Å². The molecule has 0 saturated carbocycles. The molecule has 0 saturated heterocycles. The number of para-hydroxylation sites is 1. The van der Waals surface area contributed by atoms with Gasteiger partial charge in [0, 0.05) is 16.7 Å². The van der Waals surface area contributed by atoms with Crippen LogP contribution in [0.5, 0.6) is 11.5 Å². The van der Waals surface area contributed by atoms with Gasteiger partial charge in [0.1, 0.15) is 11.5 Å². The van der Waals surface area contributed by atoms with Gasteiger partial charge in [0.15, 0.2) is 6.10 Å². The topological polar surface area (TPSA) is 76.7 Å². The van der Waals surface area contributed by atoms with E-state index in [0.29, 0.717) is 33.5 Å². The van der Waals surface area contributed by atoms with Gasteiger partial charge in [0.25, 0.3) is 11.8 Å². The first-order chi connectivity index (χ1) is 14.9. The van der Waals surface area contributed by atoms with Crippen molar-refractivity contribution in [2.75, 3.05) is 17.7 Å². The van der Waals surface area contributed by atoms with Gasteiger partial charge in [-0.2, -0.15) is 0 Å². The summed E-state index contributed by atoms with van der Waals surface area (Å²) < 4.78 is 11.0. The van der Waals surface area contributed by atoms with Gasteiger partial charge in [-0.25, -0.2) is 0 Å². The number of benzene rings is 3. The Balaban J connectivity index is 1.73. The molecule has 0 unspecified atom stereocenters. The number of anilines is 2. The molecule has 1 atom stereocenters. The Bertz CT molecular complexity index is 1070. The molecule has 0 aliphatic carbocycles. The number of rotatable bonds is 7. The molecule has 0 aromatic heterocycles. The van der Waals surface area contributed by atoms with E-state index in [0.717, 1.165) is 0 Å². The molecule has 160 valence electrons. The Kier molecular flexibility index (Phi) is 7.39. The van der Waals surface area contributed by atoms with Crippen molar-refractivity contribution in [1.82, 2.24) is 0 Å². The number of hydrogen-bond donors (Lipinski definition) is 2. The van der Waals surface area contributed by atoms with Crippen LogP contribution < -0.4 is 20.1 Å². The zero-order valence-corrected chi connectivity index (χ0v) is 18.3. The molecular weight excluding hydrogens is 439 g/mol. The lowest BCUT2D eigenvalue weighted by atomic mass is 10.2. The van der Waals surface area contributed by atoms with Gasteiger partial charge < -0.3 is 20.1 Å². The van der Waals surface area contributed by atoms with E-state index in [2.05, 4.69) is 10.6 Å². The molecule has 0 fully saturated rings. The number of amides is 2. The summed E-state index contributed by atoms with van der Waals surface area (Å²) in [5.74, 6) is 0.171. The van der Waals surface area contributed by atoms with Crippen LogP contribution in [0.2, 0.25) is 10.0 Å². The fourth-order valence-corrected chi connectivity index (χ4v) is 3.04. The quantitative estimate of drug-likeness (QED) is 0.478. The summed E-state index contributed by atoms with van der Waals surface area (Å²) in [6.07, 6.45) is -0.754.